The highest BCUT2D eigenvalue weighted by Gasteiger charge is 2.24. The first-order valence-corrected chi connectivity index (χ1v) is 1.62. The second kappa shape index (κ2) is 2.34. The first-order valence-electron chi connectivity index (χ1n) is 1.62. The molecule has 8 heavy (non-hydrogen) atoms. The van der Waals surface area contributed by atoms with Crippen LogP contribution in [0.3, 0.4) is 0 Å². The van der Waals surface area contributed by atoms with E-state index in [4.69, 9.17) is 9.90 Å². The fourth-order valence-electron chi connectivity index (χ4n) is 0.0971. The lowest BCUT2D eigenvalue weighted by molar-refractivity contribution is -0.151. The fourth-order valence-corrected chi connectivity index (χ4v) is 0.0971. The lowest BCUT2D eigenvalue weighted by Gasteiger charge is -1.88. The summed E-state index contributed by atoms with van der Waals surface area (Å²) in [6.07, 6.45) is -3.02. The van der Waals surface area contributed by atoms with Crippen molar-refractivity contribution in [2.45, 2.75) is 6.17 Å². The van der Waals surface area contributed by atoms with Crippen molar-refractivity contribution in [1.29, 1.82) is 0 Å². The molecule has 46 valence electrons. The second-order valence-electron chi connectivity index (χ2n) is 1.00. The third kappa shape index (κ3) is 1.63. The van der Waals surface area contributed by atoms with Gasteiger partial charge in [0, 0.05) is 0 Å². The van der Waals surface area contributed by atoms with Gasteiger partial charge in [0.05, 0.1) is 0 Å². The molecular formula is C3H2F2O3. The van der Waals surface area contributed by atoms with Crippen LogP contribution < -0.4 is 0 Å². The van der Waals surface area contributed by atoms with Crippen molar-refractivity contribution in [3.8, 4) is 0 Å². The van der Waals surface area contributed by atoms with Gasteiger partial charge in [0.2, 0.25) is 0 Å². The van der Waals surface area contributed by atoms with Gasteiger partial charge in [-0.15, -0.1) is 0 Å². The number of aliphatic carboxylic acids is 1. The zero-order valence-corrected chi connectivity index (χ0v) is 3.60. The molecule has 0 radical (unpaired) electrons. The van der Waals surface area contributed by atoms with Gasteiger partial charge in [0.1, 0.15) is 0 Å². The Balaban J connectivity index is 3.83. The minimum Gasteiger partial charge on any atom is -0.479 e. The number of rotatable bonds is 2. The maximum atomic E-state index is 11.3. The summed E-state index contributed by atoms with van der Waals surface area (Å²) >= 11 is 0. The predicted molar refractivity (Wildman–Crippen MR) is 18.6 cm³/mol. The summed E-state index contributed by atoms with van der Waals surface area (Å²) in [6, 6.07) is -2.47. The van der Waals surface area contributed by atoms with Gasteiger partial charge in [-0.25, -0.2) is 9.18 Å². The van der Waals surface area contributed by atoms with Crippen LogP contribution in [0.25, 0.3) is 0 Å². The molecule has 5 heteroatoms. The summed E-state index contributed by atoms with van der Waals surface area (Å²) in [5.74, 6) is -2.10. The lowest BCUT2D eigenvalue weighted by atomic mass is 10.4. The summed E-state index contributed by atoms with van der Waals surface area (Å²) in [5, 5.41) is 7.52. The van der Waals surface area contributed by atoms with Gasteiger partial charge < -0.3 is 5.11 Å². The molecule has 1 atom stereocenters. The molecule has 3 nitrogen and oxygen atoms in total. The van der Waals surface area contributed by atoms with Crippen LogP contribution in [0, 0.1) is 0 Å². The summed E-state index contributed by atoms with van der Waals surface area (Å²) in [5.41, 5.74) is 0. The zero-order chi connectivity index (χ0) is 6.73. The molecule has 0 fully saturated rings. The van der Waals surface area contributed by atoms with E-state index in [0.29, 0.717) is 0 Å². The van der Waals surface area contributed by atoms with Crippen molar-refractivity contribution in [1.82, 2.24) is 0 Å². The number of halogens is 2. The standard InChI is InChI=1S/C3H2F2O3/c4-1(2(5)6)3(7)8/h1H,(H,7,8). The van der Waals surface area contributed by atoms with Crippen LogP contribution in [0.15, 0.2) is 0 Å². The van der Waals surface area contributed by atoms with Gasteiger partial charge in [-0.1, -0.05) is 0 Å². The highest BCUT2D eigenvalue weighted by Crippen LogP contribution is 1.92. The van der Waals surface area contributed by atoms with Gasteiger partial charge in [-0.3, -0.25) is 4.79 Å². The monoisotopic (exact) mass is 124 g/mol. The Morgan fingerprint density at radius 1 is 1.50 bits per heavy atom. The first-order chi connectivity index (χ1) is 3.55. The number of carboxylic acids is 1. The van der Waals surface area contributed by atoms with Crippen LogP contribution in [-0.2, 0) is 9.59 Å². The molecule has 0 aromatic carbocycles. The number of carbonyl (C=O) groups is 2. The molecule has 0 aliphatic heterocycles. The van der Waals surface area contributed by atoms with Crippen molar-refractivity contribution < 1.29 is 23.5 Å². The molecule has 0 amide bonds. The number of carbonyl (C=O) groups excluding carboxylic acids is 1. The predicted octanol–water partition coefficient (Wildman–Crippen LogP) is -0.0948. The van der Waals surface area contributed by atoms with Gasteiger partial charge in [-0.2, -0.15) is 4.39 Å². The van der Waals surface area contributed by atoms with E-state index in [1.807, 2.05) is 0 Å². The van der Waals surface area contributed by atoms with Crippen LogP contribution in [0.1, 0.15) is 0 Å². The molecule has 0 aliphatic carbocycles. The quantitative estimate of drug-likeness (QED) is 0.413. The molecule has 1 unspecified atom stereocenters. The highest BCUT2D eigenvalue weighted by molar-refractivity contribution is 5.96. The molecule has 0 heterocycles. The molecule has 0 aliphatic rings. The maximum Gasteiger partial charge on any atom is 0.349 e. The van der Waals surface area contributed by atoms with Crippen LogP contribution in [0.2, 0.25) is 0 Å². The summed E-state index contributed by atoms with van der Waals surface area (Å²) in [4.78, 5) is 18.5. The van der Waals surface area contributed by atoms with Crippen molar-refractivity contribution in [2.24, 2.45) is 0 Å². The normalized spacial score (nSPS) is 12.8. The van der Waals surface area contributed by atoms with Gasteiger partial charge in [0.15, 0.2) is 0 Å². The summed E-state index contributed by atoms with van der Waals surface area (Å²) in [6.45, 7) is 0. The Kier molecular flexibility index (Phi) is 2.05. The van der Waals surface area contributed by atoms with Crippen molar-refractivity contribution >= 4 is 12.0 Å². The lowest BCUT2D eigenvalue weighted by Crippen LogP contribution is -2.21. The largest absolute Gasteiger partial charge is 0.479 e. The Morgan fingerprint density at radius 3 is 1.88 bits per heavy atom. The Hall–Kier alpha value is -1.00. The third-order valence-corrected chi connectivity index (χ3v) is 0.416. The molecule has 0 bridgehead atoms. The van der Waals surface area contributed by atoms with Crippen LogP contribution in [0.4, 0.5) is 8.78 Å². The van der Waals surface area contributed by atoms with Crippen LogP contribution in [-0.4, -0.2) is 23.3 Å². The number of hydrogen-bond donors (Lipinski definition) is 1. The van der Waals surface area contributed by atoms with Crippen LogP contribution in [0.5, 0.6) is 0 Å². The molecule has 0 saturated heterocycles. The van der Waals surface area contributed by atoms with Gasteiger partial charge in [0.25, 0.3) is 6.17 Å². The van der Waals surface area contributed by atoms with Crippen molar-refractivity contribution in [3.05, 3.63) is 0 Å². The van der Waals surface area contributed by atoms with Crippen molar-refractivity contribution in [3.63, 3.8) is 0 Å². The zero-order valence-electron chi connectivity index (χ0n) is 3.60. The van der Waals surface area contributed by atoms with E-state index in [1.165, 1.54) is 0 Å². The van der Waals surface area contributed by atoms with E-state index in [0.717, 1.165) is 0 Å². The minimum atomic E-state index is -3.02. The molecule has 0 rings (SSSR count). The van der Waals surface area contributed by atoms with E-state index in [9.17, 15) is 13.6 Å². The molecule has 0 spiro atoms. The van der Waals surface area contributed by atoms with Crippen molar-refractivity contribution in [2.75, 3.05) is 0 Å². The molecule has 0 aromatic heterocycles. The topological polar surface area (TPSA) is 54.4 Å². The number of hydrogen-bond acceptors (Lipinski definition) is 2. The van der Waals surface area contributed by atoms with E-state index >= 15 is 0 Å². The number of alkyl halides is 1. The molecule has 0 saturated carbocycles. The van der Waals surface area contributed by atoms with E-state index in [-0.39, 0.29) is 0 Å². The summed E-state index contributed by atoms with van der Waals surface area (Å²) < 4.78 is 22.3. The van der Waals surface area contributed by atoms with E-state index < -0.39 is 18.2 Å². The number of carboxylic acid groups (broad SMARTS) is 1. The molecular weight excluding hydrogens is 122 g/mol. The maximum absolute atomic E-state index is 11.3. The summed E-state index contributed by atoms with van der Waals surface area (Å²) in [7, 11) is 0. The van der Waals surface area contributed by atoms with Gasteiger partial charge in [-0.05, 0) is 0 Å². The Bertz CT molecular complexity index is 108. The molecule has 1 N–H and O–H groups in total. The fraction of sp³-hybridized carbons (Fsp3) is 0.333. The average Bonchev–Trinajstić information content (AvgIpc) is 1.64. The third-order valence-electron chi connectivity index (χ3n) is 0.416. The van der Waals surface area contributed by atoms with Crippen LogP contribution >= 0.6 is 0 Å². The van der Waals surface area contributed by atoms with E-state index in [1.54, 1.807) is 0 Å². The Morgan fingerprint density at radius 2 is 1.88 bits per heavy atom. The second-order valence-corrected chi connectivity index (χ2v) is 1.00. The average molecular weight is 124 g/mol. The molecule has 0 aromatic rings. The van der Waals surface area contributed by atoms with E-state index in [2.05, 4.69) is 0 Å². The smallest absolute Gasteiger partial charge is 0.349 e. The SMILES string of the molecule is O=C(O)C(F)C(=O)F. The Labute approximate surface area is 42.9 Å². The first kappa shape index (κ1) is 7.00. The highest BCUT2D eigenvalue weighted by atomic mass is 19.2. The van der Waals surface area contributed by atoms with Gasteiger partial charge >= 0.3 is 12.0 Å². The minimum absolute atomic E-state index is 2.10.